The van der Waals surface area contributed by atoms with Gasteiger partial charge >= 0.3 is 5.69 Å². The summed E-state index contributed by atoms with van der Waals surface area (Å²) < 4.78 is 0. The average Bonchev–Trinajstić information content (AvgIpc) is 2.17. The van der Waals surface area contributed by atoms with Crippen molar-refractivity contribution in [2.45, 2.75) is 13.0 Å². The number of aromatic nitrogens is 1. The van der Waals surface area contributed by atoms with Crippen molar-refractivity contribution in [2.75, 3.05) is 7.05 Å². The van der Waals surface area contributed by atoms with Gasteiger partial charge in [-0.25, -0.2) is 4.98 Å². The van der Waals surface area contributed by atoms with Crippen molar-refractivity contribution in [3.05, 3.63) is 33.1 Å². The highest BCUT2D eigenvalue weighted by molar-refractivity contribution is 6.31. The highest BCUT2D eigenvalue weighted by Gasteiger charge is 2.16. The molecule has 0 saturated heterocycles. The highest BCUT2D eigenvalue weighted by atomic mass is 35.5. The lowest BCUT2D eigenvalue weighted by molar-refractivity contribution is -0.385. The molecule has 5 nitrogen and oxygen atoms in total. The first-order valence-electron chi connectivity index (χ1n) is 4.03. The molecule has 0 aromatic carbocycles. The van der Waals surface area contributed by atoms with Gasteiger partial charge in [0.15, 0.2) is 0 Å². The van der Waals surface area contributed by atoms with E-state index in [1.54, 1.807) is 7.05 Å². The second-order valence-corrected chi connectivity index (χ2v) is 3.20. The second kappa shape index (κ2) is 4.34. The van der Waals surface area contributed by atoms with Gasteiger partial charge < -0.3 is 5.32 Å². The van der Waals surface area contributed by atoms with E-state index < -0.39 is 4.92 Å². The Morgan fingerprint density at radius 2 is 2.36 bits per heavy atom. The van der Waals surface area contributed by atoms with Gasteiger partial charge in [0.25, 0.3) is 0 Å². The third-order valence-corrected chi connectivity index (χ3v) is 2.26. The minimum Gasteiger partial charge on any atom is -0.313 e. The normalized spacial score (nSPS) is 12.5. The monoisotopic (exact) mass is 215 g/mol. The van der Waals surface area contributed by atoms with Crippen LogP contribution in [0, 0.1) is 10.1 Å². The fourth-order valence-electron chi connectivity index (χ4n) is 0.984. The Labute approximate surface area is 86.3 Å². The Bertz CT molecular complexity index is 356. The van der Waals surface area contributed by atoms with Crippen LogP contribution in [0.4, 0.5) is 5.69 Å². The summed E-state index contributed by atoms with van der Waals surface area (Å²) in [5.41, 5.74) is 0.579. The van der Waals surface area contributed by atoms with E-state index in [2.05, 4.69) is 10.3 Å². The molecule has 0 aliphatic carbocycles. The van der Waals surface area contributed by atoms with Gasteiger partial charge in [-0.1, -0.05) is 11.6 Å². The minimum absolute atomic E-state index is 0.0125. The van der Waals surface area contributed by atoms with Gasteiger partial charge in [-0.05, 0) is 19.5 Å². The Kier molecular flexibility index (Phi) is 3.38. The summed E-state index contributed by atoms with van der Waals surface area (Å²) in [4.78, 5) is 13.8. The molecule has 0 saturated carbocycles. The lowest BCUT2D eigenvalue weighted by Gasteiger charge is -2.09. The molecule has 0 spiro atoms. The van der Waals surface area contributed by atoms with Crippen molar-refractivity contribution >= 4 is 17.3 Å². The summed E-state index contributed by atoms with van der Waals surface area (Å²) in [6.45, 7) is 1.88. The van der Waals surface area contributed by atoms with E-state index in [1.807, 2.05) is 6.92 Å². The molecule has 0 unspecified atom stereocenters. The predicted molar refractivity (Wildman–Crippen MR) is 53.4 cm³/mol. The van der Waals surface area contributed by atoms with Crippen LogP contribution in [-0.4, -0.2) is 17.0 Å². The van der Waals surface area contributed by atoms with Gasteiger partial charge in [0.05, 0.1) is 4.92 Å². The van der Waals surface area contributed by atoms with Crippen molar-refractivity contribution in [1.82, 2.24) is 10.3 Å². The molecule has 76 valence electrons. The molecule has 0 amide bonds. The van der Waals surface area contributed by atoms with Gasteiger partial charge in [-0.3, -0.25) is 10.1 Å². The van der Waals surface area contributed by atoms with E-state index in [1.165, 1.54) is 12.3 Å². The summed E-state index contributed by atoms with van der Waals surface area (Å²) in [6.07, 6.45) is 1.52. The predicted octanol–water partition coefficient (Wildman–Crippen LogP) is 1.92. The van der Waals surface area contributed by atoms with Crippen molar-refractivity contribution < 1.29 is 4.92 Å². The van der Waals surface area contributed by atoms with Crippen LogP contribution in [0.3, 0.4) is 0 Å². The SMILES string of the molecule is CN[C@@H](C)c1cnc(Cl)c([N+](=O)[O-])c1. The van der Waals surface area contributed by atoms with E-state index in [0.717, 1.165) is 5.56 Å². The molecule has 1 heterocycles. The first kappa shape index (κ1) is 10.9. The molecule has 1 N–H and O–H groups in total. The number of nitro groups is 1. The molecule has 1 atom stereocenters. The van der Waals surface area contributed by atoms with E-state index in [9.17, 15) is 10.1 Å². The standard InChI is InChI=1S/C8H10ClN3O2/c1-5(10-2)6-3-7(12(13)14)8(9)11-4-6/h3-5,10H,1-2H3/t5-/m0/s1. The summed E-state index contributed by atoms with van der Waals surface area (Å²) in [5.74, 6) is 0. The molecular formula is C8H10ClN3O2. The van der Waals surface area contributed by atoms with Crippen molar-refractivity contribution in [1.29, 1.82) is 0 Å². The lowest BCUT2D eigenvalue weighted by atomic mass is 10.1. The molecule has 0 aliphatic rings. The zero-order valence-corrected chi connectivity index (χ0v) is 8.58. The Morgan fingerprint density at radius 1 is 1.71 bits per heavy atom. The quantitative estimate of drug-likeness (QED) is 0.475. The van der Waals surface area contributed by atoms with Crippen LogP contribution in [-0.2, 0) is 0 Å². The summed E-state index contributed by atoms with van der Waals surface area (Å²) in [7, 11) is 1.77. The van der Waals surface area contributed by atoms with Crippen molar-refractivity contribution in [3.63, 3.8) is 0 Å². The Balaban J connectivity index is 3.12. The number of rotatable bonds is 3. The molecule has 0 bridgehead atoms. The number of nitrogens with one attached hydrogen (secondary N) is 1. The van der Waals surface area contributed by atoms with E-state index in [-0.39, 0.29) is 16.9 Å². The number of hydrogen-bond donors (Lipinski definition) is 1. The summed E-state index contributed by atoms with van der Waals surface area (Å²) >= 11 is 5.57. The molecule has 0 aliphatic heterocycles. The number of hydrogen-bond acceptors (Lipinski definition) is 4. The number of nitrogens with zero attached hydrogens (tertiary/aromatic N) is 2. The average molecular weight is 216 g/mol. The number of pyridine rings is 1. The zero-order chi connectivity index (χ0) is 10.7. The number of halogens is 1. The van der Waals surface area contributed by atoms with Crippen LogP contribution < -0.4 is 5.32 Å². The minimum atomic E-state index is -0.540. The molecule has 0 radical (unpaired) electrons. The third-order valence-electron chi connectivity index (χ3n) is 1.97. The van der Waals surface area contributed by atoms with Crippen molar-refractivity contribution in [3.8, 4) is 0 Å². The zero-order valence-electron chi connectivity index (χ0n) is 7.82. The summed E-state index contributed by atoms with van der Waals surface area (Å²) in [5, 5.41) is 13.4. The molecule has 1 rings (SSSR count). The Hall–Kier alpha value is -1.20. The molecule has 0 fully saturated rings. The molecule has 1 aromatic heterocycles. The maximum atomic E-state index is 10.5. The fraction of sp³-hybridized carbons (Fsp3) is 0.375. The first-order valence-corrected chi connectivity index (χ1v) is 4.41. The van der Waals surface area contributed by atoms with E-state index in [4.69, 9.17) is 11.6 Å². The van der Waals surface area contributed by atoms with Crippen LogP contribution in [0.2, 0.25) is 5.15 Å². The smallest absolute Gasteiger partial charge is 0.306 e. The second-order valence-electron chi connectivity index (χ2n) is 2.85. The first-order chi connectivity index (χ1) is 6.56. The van der Waals surface area contributed by atoms with Crippen LogP contribution in [0.5, 0.6) is 0 Å². The van der Waals surface area contributed by atoms with Gasteiger partial charge in [-0.2, -0.15) is 0 Å². The molecule has 1 aromatic rings. The van der Waals surface area contributed by atoms with Gasteiger partial charge in [0.2, 0.25) is 5.15 Å². The maximum Gasteiger partial charge on any atom is 0.306 e. The van der Waals surface area contributed by atoms with Crippen LogP contribution >= 0.6 is 11.6 Å². The fourth-order valence-corrected chi connectivity index (χ4v) is 1.16. The lowest BCUT2D eigenvalue weighted by Crippen LogP contribution is -2.12. The van der Waals surface area contributed by atoms with Crippen LogP contribution in [0.1, 0.15) is 18.5 Å². The van der Waals surface area contributed by atoms with Crippen molar-refractivity contribution in [2.24, 2.45) is 0 Å². The van der Waals surface area contributed by atoms with Gasteiger partial charge in [-0.15, -0.1) is 0 Å². The van der Waals surface area contributed by atoms with E-state index >= 15 is 0 Å². The summed E-state index contributed by atoms with van der Waals surface area (Å²) in [6, 6.07) is 1.44. The van der Waals surface area contributed by atoms with Crippen LogP contribution in [0.25, 0.3) is 0 Å². The highest BCUT2D eigenvalue weighted by Crippen LogP contribution is 2.24. The van der Waals surface area contributed by atoms with Crippen LogP contribution in [0.15, 0.2) is 12.3 Å². The molecule has 6 heteroatoms. The molecular weight excluding hydrogens is 206 g/mol. The third kappa shape index (κ3) is 2.18. The maximum absolute atomic E-state index is 10.5. The van der Waals surface area contributed by atoms with E-state index in [0.29, 0.717) is 0 Å². The topological polar surface area (TPSA) is 68.1 Å². The Morgan fingerprint density at radius 3 is 2.86 bits per heavy atom. The molecule has 14 heavy (non-hydrogen) atoms. The van der Waals surface area contributed by atoms with Gasteiger partial charge in [0.1, 0.15) is 0 Å². The van der Waals surface area contributed by atoms with Gasteiger partial charge in [0, 0.05) is 18.3 Å². The largest absolute Gasteiger partial charge is 0.313 e.